The van der Waals surface area contributed by atoms with E-state index in [1.807, 2.05) is 55.3 Å². The van der Waals surface area contributed by atoms with E-state index in [0.29, 0.717) is 22.2 Å². The maximum atomic E-state index is 13.4. The summed E-state index contributed by atoms with van der Waals surface area (Å²) in [6, 6.07) is 15.7. The van der Waals surface area contributed by atoms with Crippen LogP contribution in [0.3, 0.4) is 0 Å². The second-order valence-electron chi connectivity index (χ2n) is 8.45. The van der Waals surface area contributed by atoms with Crippen LogP contribution in [0.5, 0.6) is 0 Å². The van der Waals surface area contributed by atoms with Gasteiger partial charge in [-0.1, -0.05) is 36.4 Å². The molecule has 2 aromatic carbocycles. The van der Waals surface area contributed by atoms with Gasteiger partial charge in [-0.25, -0.2) is 4.98 Å². The largest absolute Gasteiger partial charge is 0.433 e. The number of anilines is 1. The van der Waals surface area contributed by atoms with Gasteiger partial charge in [-0.05, 0) is 56.4 Å². The van der Waals surface area contributed by atoms with Crippen LogP contribution in [0.1, 0.15) is 47.3 Å². The first-order valence-corrected chi connectivity index (χ1v) is 10.8. The SMILES string of the molecule is Cc1ccccc1C(=O)NC1CCC(N(C)c2cc(C(F)(F)F)nc3ccccc23)CC1. The lowest BCUT2D eigenvalue weighted by atomic mass is 9.89. The summed E-state index contributed by atoms with van der Waals surface area (Å²) < 4.78 is 40.3. The summed E-state index contributed by atoms with van der Waals surface area (Å²) in [4.78, 5) is 18.4. The predicted molar refractivity (Wildman–Crippen MR) is 120 cm³/mol. The van der Waals surface area contributed by atoms with Crippen LogP contribution in [-0.4, -0.2) is 30.0 Å². The van der Waals surface area contributed by atoms with Crippen LogP contribution in [-0.2, 0) is 6.18 Å². The minimum atomic E-state index is -4.50. The molecule has 0 aliphatic heterocycles. The number of hydrogen-bond acceptors (Lipinski definition) is 3. The van der Waals surface area contributed by atoms with E-state index in [9.17, 15) is 18.0 Å². The normalized spacial score (nSPS) is 19.0. The summed E-state index contributed by atoms with van der Waals surface area (Å²) in [5.74, 6) is -0.0742. The molecule has 1 amide bonds. The van der Waals surface area contributed by atoms with Crippen molar-refractivity contribution in [2.24, 2.45) is 0 Å². The zero-order valence-electron chi connectivity index (χ0n) is 18.1. The number of nitrogens with zero attached hydrogens (tertiary/aromatic N) is 2. The number of carbonyl (C=O) groups excluding carboxylic acids is 1. The molecular weight excluding hydrogens is 415 g/mol. The number of halogens is 3. The molecule has 1 heterocycles. The van der Waals surface area contributed by atoms with Gasteiger partial charge in [-0.2, -0.15) is 13.2 Å². The average Bonchev–Trinajstić information content (AvgIpc) is 2.78. The molecule has 7 heteroatoms. The van der Waals surface area contributed by atoms with Crippen molar-refractivity contribution in [2.75, 3.05) is 11.9 Å². The summed E-state index contributed by atoms with van der Waals surface area (Å²) in [5, 5.41) is 3.82. The zero-order valence-corrected chi connectivity index (χ0v) is 18.1. The molecule has 32 heavy (non-hydrogen) atoms. The maximum Gasteiger partial charge on any atom is 0.433 e. The van der Waals surface area contributed by atoms with E-state index < -0.39 is 11.9 Å². The van der Waals surface area contributed by atoms with E-state index in [0.717, 1.165) is 37.3 Å². The highest BCUT2D eigenvalue weighted by Gasteiger charge is 2.34. The van der Waals surface area contributed by atoms with Gasteiger partial charge in [0, 0.05) is 35.8 Å². The Labute approximate surface area is 185 Å². The number of nitrogens with one attached hydrogen (secondary N) is 1. The van der Waals surface area contributed by atoms with Gasteiger partial charge in [-0.15, -0.1) is 0 Å². The minimum Gasteiger partial charge on any atom is -0.371 e. The van der Waals surface area contributed by atoms with Crippen LogP contribution in [0.15, 0.2) is 54.6 Å². The van der Waals surface area contributed by atoms with Crippen molar-refractivity contribution in [3.63, 3.8) is 0 Å². The van der Waals surface area contributed by atoms with Gasteiger partial charge < -0.3 is 10.2 Å². The molecule has 0 saturated heterocycles. The Balaban J connectivity index is 1.48. The van der Waals surface area contributed by atoms with Gasteiger partial charge in [0.05, 0.1) is 5.52 Å². The molecule has 1 fully saturated rings. The summed E-state index contributed by atoms with van der Waals surface area (Å²) in [7, 11) is 1.85. The number of fused-ring (bicyclic) bond motifs is 1. The van der Waals surface area contributed by atoms with Crippen molar-refractivity contribution in [3.05, 3.63) is 71.4 Å². The van der Waals surface area contributed by atoms with Gasteiger partial charge in [0.1, 0.15) is 5.69 Å². The monoisotopic (exact) mass is 441 g/mol. The predicted octanol–water partition coefficient (Wildman–Crippen LogP) is 5.74. The fraction of sp³-hybridized carbons (Fsp3) is 0.360. The molecular formula is C25H26F3N3O. The second-order valence-corrected chi connectivity index (χ2v) is 8.45. The highest BCUT2D eigenvalue weighted by molar-refractivity contribution is 5.95. The number of aromatic nitrogens is 1. The highest BCUT2D eigenvalue weighted by atomic mass is 19.4. The molecule has 4 nitrogen and oxygen atoms in total. The third kappa shape index (κ3) is 4.56. The average molecular weight is 441 g/mol. The summed E-state index contributed by atoms with van der Waals surface area (Å²) in [6.45, 7) is 1.91. The van der Waals surface area contributed by atoms with Crippen LogP contribution in [0.2, 0.25) is 0 Å². The van der Waals surface area contributed by atoms with Gasteiger partial charge in [0.2, 0.25) is 0 Å². The number of rotatable bonds is 4. The molecule has 3 aromatic rings. The lowest BCUT2D eigenvalue weighted by Crippen LogP contribution is -2.43. The van der Waals surface area contributed by atoms with E-state index in [4.69, 9.17) is 0 Å². The van der Waals surface area contributed by atoms with E-state index in [1.165, 1.54) is 0 Å². The number of amides is 1. The van der Waals surface area contributed by atoms with Crippen molar-refractivity contribution >= 4 is 22.5 Å². The second kappa shape index (κ2) is 8.81. The molecule has 168 valence electrons. The molecule has 0 unspecified atom stereocenters. The zero-order chi connectivity index (χ0) is 22.9. The number of carbonyl (C=O) groups is 1. The molecule has 1 aliphatic carbocycles. The molecule has 0 atom stereocenters. The van der Waals surface area contributed by atoms with Crippen molar-refractivity contribution < 1.29 is 18.0 Å². The number of hydrogen-bond donors (Lipinski definition) is 1. The van der Waals surface area contributed by atoms with Crippen molar-refractivity contribution in [1.82, 2.24) is 10.3 Å². The topological polar surface area (TPSA) is 45.2 Å². The fourth-order valence-corrected chi connectivity index (χ4v) is 4.49. The van der Waals surface area contributed by atoms with E-state index >= 15 is 0 Å². The van der Waals surface area contributed by atoms with Gasteiger partial charge >= 0.3 is 6.18 Å². The Kier molecular flexibility index (Phi) is 6.09. The Morgan fingerprint density at radius 3 is 2.38 bits per heavy atom. The molecule has 4 rings (SSSR count). The van der Waals surface area contributed by atoms with Crippen LogP contribution < -0.4 is 10.2 Å². The van der Waals surface area contributed by atoms with Crippen molar-refractivity contribution in [1.29, 1.82) is 0 Å². The number of benzene rings is 2. The molecule has 1 aromatic heterocycles. The van der Waals surface area contributed by atoms with Gasteiger partial charge in [0.25, 0.3) is 5.91 Å². The fourth-order valence-electron chi connectivity index (χ4n) is 4.49. The first-order chi connectivity index (χ1) is 15.2. The molecule has 0 bridgehead atoms. The number of alkyl halides is 3. The van der Waals surface area contributed by atoms with Crippen LogP contribution >= 0.6 is 0 Å². The molecule has 0 spiro atoms. The van der Waals surface area contributed by atoms with E-state index in [2.05, 4.69) is 10.3 Å². The first kappa shape index (κ1) is 22.1. The lowest BCUT2D eigenvalue weighted by Gasteiger charge is -2.37. The molecule has 1 saturated carbocycles. The molecule has 1 N–H and O–H groups in total. The minimum absolute atomic E-state index is 0.0617. The standard InChI is InChI=1S/C25H26F3N3O/c1-16-7-3-4-8-19(16)24(32)29-17-11-13-18(14-12-17)31(2)22-15-23(25(26,27)28)30-21-10-6-5-9-20(21)22/h3-10,15,17-18H,11-14H2,1-2H3,(H,29,32). The van der Waals surface area contributed by atoms with Crippen molar-refractivity contribution in [2.45, 2.75) is 50.9 Å². The van der Waals surface area contributed by atoms with Gasteiger partial charge in [-0.3, -0.25) is 4.79 Å². The van der Waals surface area contributed by atoms with Gasteiger partial charge in [0.15, 0.2) is 0 Å². The summed E-state index contributed by atoms with van der Waals surface area (Å²) in [6.07, 6.45) is -1.37. The Hall–Kier alpha value is -3.09. The van der Waals surface area contributed by atoms with E-state index in [1.54, 1.807) is 12.1 Å². The third-order valence-corrected chi connectivity index (χ3v) is 6.33. The number of para-hydroxylation sites is 1. The Morgan fingerprint density at radius 2 is 1.69 bits per heavy atom. The third-order valence-electron chi connectivity index (χ3n) is 6.33. The summed E-state index contributed by atoms with van der Waals surface area (Å²) in [5.41, 5.74) is 1.61. The Bertz CT molecular complexity index is 1120. The van der Waals surface area contributed by atoms with Crippen molar-refractivity contribution in [3.8, 4) is 0 Å². The number of aryl methyl sites for hydroxylation is 1. The first-order valence-electron chi connectivity index (χ1n) is 10.8. The van der Waals surface area contributed by atoms with Crippen LogP contribution in [0.25, 0.3) is 10.9 Å². The highest BCUT2D eigenvalue weighted by Crippen LogP contribution is 2.36. The Morgan fingerprint density at radius 1 is 1.03 bits per heavy atom. The van der Waals surface area contributed by atoms with Crippen LogP contribution in [0.4, 0.5) is 18.9 Å². The number of pyridine rings is 1. The lowest BCUT2D eigenvalue weighted by molar-refractivity contribution is -0.140. The quantitative estimate of drug-likeness (QED) is 0.562. The van der Waals surface area contributed by atoms with E-state index in [-0.39, 0.29) is 18.0 Å². The van der Waals surface area contributed by atoms with Crippen LogP contribution in [0, 0.1) is 6.92 Å². The smallest absolute Gasteiger partial charge is 0.371 e. The summed E-state index contributed by atoms with van der Waals surface area (Å²) >= 11 is 0. The maximum absolute atomic E-state index is 13.4. The molecule has 1 aliphatic rings. The molecule has 0 radical (unpaired) electrons.